The van der Waals surface area contributed by atoms with E-state index in [9.17, 15) is 0 Å². The molecule has 0 spiro atoms. The van der Waals surface area contributed by atoms with Gasteiger partial charge in [-0.3, -0.25) is 0 Å². The van der Waals surface area contributed by atoms with E-state index in [0.717, 1.165) is 51.8 Å². The third-order valence-electron chi connectivity index (χ3n) is 4.60. The Labute approximate surface area is 139 Å². The number of ether oxygens (including phenoxy) is 2. The quantitative estimate of drug-likeness (QED) is 0.791. The molecule has 1 aromatic heterocycles. The molecule has 5 rings (SSSR count). The first-order valence-electron chi connectivity index (χ1n) is 8.25. The van der Waals surface area contributed by atoms with Crippen LogP contribution in [0.25, 0.3) is 22.0 Å². The lowest BCUT2D eigenvalue weighted by atomic mass is 10.0. The van der Waals surface area contributed by atoms with Crippen LogP contribution >= 0.6 is 0 Å². The molecule has 2 heterocycles. The smallest absolute Gasteiger partial charge is 0.231 e. The van der Waals surface area contributed by atoms with Crippen LogP contribution in [0.2, 0.25) is 0 Å². The molecule has 0 bridgehead atoms. The average Bonchev–Trinajstić information content (AvgIpc) is 3.34. The number of fused-ring (bicyclic) bond motifs is 2. The van der Waals surface area contributed by atoms with Crippen LogP contribution < -0.4 is 14.8 Å². The molecule has 0 saturated heterocycles. The third-order valence-corrected chi connectivity index (χ3v) is 4.60. The van der Waals surface area contributed by atoms with E-state index in [4.69, 9.17) is 9.47 Å². The third kappa shape index (κ3) is 2.42. The van der Waals surface area contributed by atoms with E-state index in [1.165, 1.54) is 12.8 Å². The standard InChI is InChI=1S/C19H17N3O2/c1-2-12(1)9-20-19-15-7-13(3-5-16(15)21-10-22-19)14-4-6-17-18(8-14)24-11-23-17/h3-8,10,12H,1-2,9,11H2,(H,20,21,22). The highest BCUT2D eigenvalue weighted by molar-refractivity contribution is 5.92. The highest BCUT2D eigenvalue weighted by Crippen LogP contribution is 2.37. The van der Waals surface area contributed by atoms with Crippen LogP contribution in [0.4, 0.5) is 5.82 Å². The minimum absolute atomic E-state index is 0.291. The van der Waals surface area contributed by atoms with Crippen LogP contribution in [0.3, 0.4) is 0 Å². The number of nitrogens with zero attached hydrogens (tertiary/aromatic N) is 2. The summed E-state index contributed by atoms with van der Waals surface area (Å²) >= 11 is 0. The van der Waals surface area contributed by atoms with Gasteiger partial charge in [-0.15, -0.1) is 0 Å². The normalized spacial score (nSPS) is 15.7. The minimum atomic E-state index is 0.291. The number of anilines is 1. The molecule has 0 atom stereocenters. The van der Waals surface area contributed by atoms with Gasteiger partial charge in [0.25, 0.3) is 0 Å². The van der Waals surface area contributed by atoms with Gasteiger partial charge in [0.05, 0.1) is 5.52 Å². The zero-order valence-corrected chi connectivity index (χ0v) is 13.2. The average molecular weight is 319 g/mol. The van der Waals surface area contributed by atoms with Crippen molar-refractivity contribution in [2.45, 2.75) is 12.8 Å². The van der Waals surface area contributed by atoms with Gasteiger partial charge < -0.3 is 14.8 Å². The van der Waals surface area contributed by atoms with Crippen LogP contribution in [0, 0.1) is 5.92 Å². The van der Waals surface area contributed by atoms with Gasteiger partial charge in [-0.05, 0) is 54.2 Å². The summed E-state index contributed by atoms with van der Waals surface area (Å²) in [5, 5.41) is 4.52. The van der Waals surface area contributed by atoms with Crippen LogP contribution in [0.5, 0.6) is 11.5 Å². The molecule has 24 heavy (non-hydrogen) atoms. The summed E-state index contributed by atoms with van der Waals surface area (Å²) in [6.45, 7) is 1.28. The summed E-state index contributed by atoms with van der Waals surface area (Å²) in [5.74, 6) is 3.31. The van der Waals surface area contributed by atoms with Crippen molar-refractivity contribution < 1.29 is 9.47 Å². The Morgan fingerprint density at radius 3 is 2.71 bits per heavy atom. The van der Waals surface area contributed by atoms with Crippen molar-refractivity contribution in [3.8, 4) is 22.6 Å². The van der Waals surface area contributed by atoms with E-state index in [0.29, 0.717) is 6.79 Å². The number of benzene rings is 2. The van der Waals surface area contributed by atoms with Crippen molar-refractivity contribution in [2.24, 2.45) is 5.92 Å². The van der Waals surface area contributed by atoms with E-state index < -0.39 is 0 Å². The first-order chi connectivity index (χ1) is 11.9. The SMILES string of the molecule is c1nc(NCC2CC2)c2cc(-c3ccc4c(c3)OCO4)ccc2n1. The topological polar surface area (TPSA) is 56.3 Å². The lowest BCUT2D eigenvalue weighted by molar-refractivity contribution is 0.174. The molecule has 1 aliphatic carbocycles. The highest BCUT2D eigenvalue weighted by Gasteiger charge is 2.21. The van der Waals surface area contributed by atoms with Crippen molar-refractivity contribution in [3.05, 3.63) is 42.7 Å². The first-order valence-corrected chi connectivity index (χ1v) is 8.25. The second kappa shape index (κ2) is 5.37. The molecule has 1 fully saturated rings. The van der Waals surface area contributed by atoms with Crippen molar-refractivity contribution >= 4 is 16.7 Å². The Kier molecular flexibility index (Phi) is 3.04. The monoisotopic (exact) mass is 319 g/mol. The summed E-state index contributed by atoms with van der Waals surface area (Å²) in [6.07, 6.45) is 4.26. The van der Waals surface area contributed by atoms with Gasteiger partial charge in [-0.25, -0.2) is 9.97 Å². The van der Waals surface area contributed by atoms with Crippen molar-refractivity contribution in [1.82, 2.24) is 9.97 Å². The summed E-state index contributed by atoms with van der Waals surface area (Å²) in [5.41, 5.74) is 3.16. The molecule has 0 amide bonds. The lowest BCUT2D eigenvalue weighted by Gasteiger charge is -2.10. The van der Waals surface area contributed by atoms with E-state index in [-0.39, 0.29) is 0 Å². The maximum atomic E-state index is 5.48. The number of rotatable bonds is 4. The molecule has 1 N–H and O–H groups in total. The molecule has 0 unspecified atom stereocenters. The molecule has 0 radical (unpaired) electrons. The van der Waals surface area contributed by atoms with Crippen molar-refractivity contribution in [3.63, 3.8) is 0 Å². The fraction of sp³-hybridized carbons (Fsp3) is 0.263. The van der Waals surface area contributed by atoms with E-state index in [1.54, 1.807) is 6.33 Å². The van der Waals surface area contributed by atoms with Crippen molar-refractivity contribution in [1.29, 1.82) is 0 Å². The molecule has 5 heteroatoms. The van der Waals surface area contributed by atoms with Crippen LogP contribution in [0.1, 0.15) is 12.8 Å². The molecule has 120 valence electrons. The molecule has 2 aliphatic rings. The Morgan fingerprint density at radius 2 is 1.79 bits per heavy atom. The zero-order chi connectivity index (χ0) is 15.9. The second-order valence-electron chi connectivity index (χ2n) is 6.35. The van der Waals surface area contributed by atoms with Crippen LogP contribution in [-0.2, 0) is 0 Å². The van der Waals surface area contributed by atoms with Gasteiger partial charge in [-0.2, -0.15) is 0 Å². The summed E-state index contributed by atoms with van der Waals surface area (Å²) in [6, 6.07) is 12.3. The Bertz CT molecular complexity index is 922. The Balaban J connectivity index is 1.55. The molecule has 5 nitrogen and oxygen atoms in total. The maximum Gasteiger partial charge on any atom is 0.231 e. The van der Waals surface area contributed by atoms with Crippen LogP contribution in [-0.4, -0.2) is 23.3 Å². The highest BCUT2D eigenvalue weighted by atomic mass is 16.7. The summed E-state index contributed by atoms with van der Waals surface area (Å²) in [7, 11) is 0. The number of hydrogen-bond acceptors (Lipinski definition) is 5. The molecular weight excluding hydrogens is 302 g/mol. The van der Waals surface area contributed by atoms with Gasteiger partial charge in [0, 0.05) is 11.9 Å². The largest absolute Gasteiger partial charge is 0.454 e. The Hall–Kier alpha value is -2.82. The van der Waals surface area contributed by atoms with E-state index in [2.05, 4.69) is 33.5 Å². The number of aromatic nitrogens is 2. The first kappa shape index (κ1) is 13.6. The van der Waals surface area contributed by atoms with Gasteiger partial charge in [0.2, 0.25) is 6.79 Å². The van der Waals surface area contributed by atoms with Gasteiger partial charge in [-0.1, -0.05) is 12.1 Å². The zero-order valence-electron chi connectivity index (χ0n) is 13.2. The Morgan fingerprint density at radius 1 is 0.958 bits per heavy atom. The number of nitrogens with one attached hydrogen (secondary N) is 1. The minimum Gasteiger partial charge on any atom is -0.454 e. The van der Waals surface area contributed by atoms with Gasteiger partial charge >= 0.3 is 0 Å². The molecule has 3 aromatic rings. The fourth-order valence-corrected chi connectivity index (χ4v) is 3.02. The molecule has 1 saturated carbocycles. The second-order valence-corrected chi connectivity index (χ2v) is 6.35. The molecule has 2 aromatic carbocycles. The van der Waals surface area contributed by atoms with E-state index >= 15 is 0 Å². The van der Waals surface area contributed by atoms with E-state index in [1.807, 2.05) is 18.2 Å². The van der Waals surface area contributed by atoms with Gasteiger partial charge in [0.1, 0.15) is 12.1 Å². The lowest BCUT2D eigenvalue weighted by Crippen LogP contribution is -2.05. The molecule has 1 aliphatic heterocycles. The molecular formula is C19H17N3O2. The predicted molar refractivity (Wildman–Crippen MR) is 92.3 cm³/mol. The fourth-order valence-electron chi connectivity index (χ4n) is 3.02. The van der Waals surface area contributed by atoms with Crippen molar-refractivity contribution in [2.75, 3.05) is 18.7 Å². The van der Waals surface area contributed by atoms with Crippen LogP contribution in [0.15, 0.2) is 42.7 Å². The summed E-state index contributed by atoms with van der Waals surface area (Å²) in [4.78, 5) is 8.81. The number of hydrogen-bond donors (Lipinski definition) is 1. The van der Waals surface area contributed by atoms with Gasteiger partial charge in [0.15, 0.2) is 11.5 Å². The predicted octanol–water partition coefficient (Wildman–Crippen LogP) is 3.85. The summed E-state index contributed by atoms with van der Waals surface area (Å²) < 4.78 is 10.9. The maximum absolute atomic E-state index is 5.48.